The molecule has 18 heavy (non-hydrogen) atoms. The summed E-state index contributed by atoms with van der Waals surface area (Å²) < 4.78 is -1.02. The summed E-state index contributed by atoms with van der Waals surface area (Å²) in [7, 11) is 0. The molecule has 2 aliphatic carbocycles. The molecule has 0 atom stereocenters. The molecule has 0 spiro atoms. The van der Waals surface area contributed by atoms with Gasteiger partial charge in [-0.25, -0.2) is 4.99 Å². The summed E-state index contributed by atoms with van der Waals surface area (Å²) in [5.41, 5.74) is 0. The molecule has 4 heteroatoms. The summed E-state index contributed by atoms with van der Waals surface area (Å²) in [6.07, 6.45) is 12.0. The molecule has 0 N–H and O–H groups in total. The van der Waals surface area contributed by atoms with Gasteiger partial charge in [0, 0.05) is 5.92 Å². The molecule has 2 rings (SSSR count). The van der Waals surface area contributed by atoms with Gasteiger partial charge in [-0.2, -0.15) is 4.99 Å². The van der Waals surface area contributed by atoms with Crippen molar-refractivity contribution in [2.45, 2.75) is 74.7 Å². The van der Waals surface area contributed by atoms with Crippen LogP contribution in [-0.2, 0) is 0 Å². The number of halogens is 2. The Morgan fingerprint density at radius 1 is 0.833 bits per heavy atom. The molecule has 0 heterocycles. The largest absolute Gasteiger partial charge is 0.222 e. The topological polar surface area (TPSA) is 24.7 Å². The molecule has 0 unspecified atom stereocenters. The Kier molecular flexibility index (Phi) is 5.54. The fourth-order valence-electron chi connectivity index (χ4n) is 2.93. The van der Waals surface area contributed by atoms with Gasteiger partial charge in [-0.1, -0.05) is 61.7 Å². The van der Waals surface area contributed by atoms with Crippen molar-refractivity contribution in [3.63, 3.8) is 0 Å². The second-order valence-corrected chi connectivity index (χ2v) is 6.90. The highest BCUT2D eigenvalue weighted by atomic mass is 35.5. The van der Waals surface area contributed by atoms with E-state index in [1.54, 1.807) is 0 Å². The molecule has 0 bridgehead atoms. The van der Waals surface area contributed by atoms with Crippen LogP contribution in [0.2, 0.25) is 0 Å². The first-order chi connectivity index (χ1) is 8.68. The number of aliphatic imine (C=N–C) groups is 2. The summed E-state index contributed by atoms with van der Waals surface area (Å²) in [5, 5.41) is 0. The van der Waals surface area contributed by atoms with E-state index >= 15 is 0 Å². The standard InChI is InChI=1S/C14H22Cl2N2/c15-14(16,12-7-3-1-4-8-12)18-11-17-13-9-5-2-6-10-13/h12-13H,1-10H2. The highest BCUT2D eigenvalue weighted by Crippen LogP contribution is 2.40. The van der Waals surface area contributed by atoms with Crippen LogP contribution >= 0.6 is 23.2 Å². The third-order valence-electron chi connectivity index (χ3n) is 4.11. The molecule has 0 radical (unpaired) electrons. The molecule has 0 aromatic rings. The van der Waals surface area contributed by atoms with Crippen LogP contribution in [0.5, 0.6) is 0 Å². The Bertz CT molecular complexity index is 310. The molecule has 0 amide bonds. The fraction of sp³-hybridized carbons (Fsp3) is 0.929. The Hall–Kier alpha value is -0.0400. The maximum atomic E-state index is 6.31. The van der Waals surface area contributed by atoms with Gasteiger partial charge in [-0.3, -0.25) is 0 Å². The van der Waals surface area contributed by atoms with Crippen LogP contribution < -0.4 is 0 Å². The summed E-state index contributed by atoms with van der Waals surface area (Å²) in [6.45, 7) is 0. The van der Waals surface area contributed by atoms with E-state index in [1.807, 2.05) is 0 Å². The van der Waals surface area contributed by atoms with E-state index in [2.05, 4.69) is 16.0 Å². The zero-order chi connectivity index (χ0) is 12.8. The lowest BCUT2D eigenvalue weighted by Gasteiger charge is -2.28. The average Bonchev–Trinajstić information content (AvgIpc) is 2.41. The predicted molar refractivity (Wildman–Crippen MR) is 77.7 cm³/mol. The third-order valence-corrected chi connectivity index (χ3v) is 4.90. The first-order valence-corrected chi connectivity index (χ1v) is 7.98. The predicted octanol–water partition coefficient (Wildman–Crippen LogP) is 5.20. The van der Waals surface area contributed by atoms with Crippen molar-refractivity contribution >= 4 is 29.2 Å². The lowest BCUT2D eigenvalue weighted by molar-refractivity contribution is 0.330. The van der Waals surface area contributed by atoms with Crippen molar-refractivity contribution in [2.75, 3.05) is 0 Å². The number of rotatable bonds is 3. The van der Waals surface area contributed by atoms with Crippen LogP contribution in [0.4, 0.5) is 0 Å². The molecule has 2 nitrogen and oxygen atoms in total. The lowest BCUT2D eigenvalue weighted by Crippen LogP contribution is -2.25. The molecule has 2 saturated carbocycles. The minimum Gasteiger partial charge on any atom is -0.222 e. The first-order valence-electron chi connectivity index (χ1n) is 7.23. The summed E-state index contributed by atoms with van der Waals surface area (Å²) in [6, 6.07) is 3.17. The van der Waals surface area contributed by atoms with Crippen LogP contribution in [-0.4, -0.2) is 16.5 Å². The molecule has 0 aliphatic heterocycles. The van der Waals surface area contributed by atoms with E-state index in [1.165, 1.54) is 38.5 Å². The highest BCUT2D eigenvalue weighted by Gasteiger charge is 2.35. The summed E-state index contributed by atoms with van der Waals surface area (Å²) >= 11 is 12.6. The van der Waals surface area contributed by atoms with Crippen LogP contribution in [0.15, 0.2) is 9.98 Å². The van der Waals surface area contributed by atoms with Crippen molar-refractivity contribution < 1.29 is 0 Å². The molecule has 0 aromatic carbocycles. The Morgan fingerprint density at radius 3 is 2.00 bits per heavy atom. The van der Waals surface area contributed by atoms with Gasteiger partial charge >= 0.3 is 0 Å². The smallest absolute Gasteiger partial charge is 0.220 e. The molecule has 2 aliphatic rings. The number of hydrogen-bond donors (Lipinski definition) is 0. The average molecular weight is 289 g/mol. The number of nitrogens with zero attached hydrogens (tertiary/aromatic N) is 2. The van der Waals surface area contributed by atoms with Gasteiger partial charge in [0.05, 0.1) is 12.1 Å². The van der Waals surface area contributed by atoms with Crippen molar-refractivity contribution in [3.05, 3.63) is 0 Å². The van der Waals surface area contributed by atoms with E-state index in [4.69, 9.17) is 23.2 Å². The van der Waals surface area contributed by atoms with Crippen LogP contribution in [0.25, 0.3) is 0 Å². The Morgan fingerprint density at radius 2 is 1.39 bits per heavy atom. The maximum Gasteiger partial charge on any atom is 0.220 e. The van der Waals surface area contributed by atoms with E-state index < -0.39 is 4.46 Å². The SMILES string of the molecule is ClC(Cl)(N=C=NC1CCCCC1)C1CCCCC1. The van der Waals surface area contributed by atoms with E-state index in [0.717, 1.165) is 25.7 Å². The zero-order valence-corrected chi connectivity index (χ0v) is 12.4. The van der Waals surface area contributed by atoms with Crippen LogP contribution in [0.1, 0.15) is 64.2 Å². The molecule has 0 aromatic heterocycles. The molecule has 0 saturated heterocycles. The lowest BCUT2D eigenvalue weighted by atomic mass is 9.89. The monoisotopic (exact) mass is 288 g/mol. The minimum absolute atomic E-state index is 0.267. The zero-order valence-electron chi connectivity index (χ0n) is 10.9. The highest BCUT2D eigenvalue weighted by molar-refractivity contribution is 6.48. The normalized spacial score (nSPS) is 23.4. The summed E-state index contributed by atoms with van der Waals surface area (Å²) in [4.78, 5) is 8.57. The van der Waals surface area contributed by atoms with E-state index in [0.29, 0.717) is 6.04 Å². The second kappa shape index (κ2) is 6.93. The van der Waals surface area contributed by atoms with Gasteiger partial charge in [0.15, 0.2) is 0 Å². The van der Waals surface area contributed by atoms with Crippen molar-refractivity contribution in [3.8, 4) is 0 Å². The van der Waals surface area contributed by atoms with Crippen molar-refractivity contribution in [2.24, 2.45) is 15.9 Å². The van der Waals surface area contributed by atoms with E-state index in [9.17, 15) is 0 Å². The quantitative estimate of drug-likeness (QED) is 0.387. The molecular formula is C14H22Cl2N2. The van der Waals surface area contributed by atoms with Crippen molar-refractivity contribution in [1.29, 1.82) is 0 Å². The maximum absolute atomic E-state index is 6.31. The third kappa shape index (κ3) is 4.26. The number of hydrogen-bond acceptors (Lipinski definition) is 2. The van der Waals surface area contributed by atoms with Gasteiger partial charge in [-0.05, 0) is 25.7 Å². The molecular weight excluding hydrogens is 267 g/mol. The second-order valence-electron chi connectivity index (χ2n) is 5.56. The van der Waals surface area contributed by atoms with E-state index in [-0.39, 0.29) is 5.92 Å². The van der Waals surface area contributed by atoms with Crippen LogP contribution in [0.3, 0.4) is 0 Å². The van der Waals surface area contributed by atoms with Gasteiger partial charge in [0.2, 0.25) is 4.46 Å². The molecule has 102 valence electrons. The first kappa shape index (κ1) is 14.4. The van der Waals surface area contributed by atoms with Gasteiger partial charge in [0.1, 0.15) is 0 Å². The van der Waals surface area contributed by atoms with Crippen LogP contribution in [0, 0.1) is 5.92 Å². The number of alkyl halides is 2. The minimum atomic E-state index is -1.02. The fourth-order valence-corrected chi connectivity index (χ4v) is 3.44. The Balaban J connectivity index is 1.90. The summed E-state index contributed by atoms with van der Waals surface area (Å²) in [5.74, 6) is 0.267. The van der Waals surface area contributed by atoms with Gasteiger partial charge in [-0.15, -0.1) is 0 Å². The Labute approximate surface area is 120 Å². The van der Waals surface area contributed by atoms with Gasteiger partial charge in [0.25, 0.3) is 0 Å². The van der Waals surface area contributed by atoms with Crippen molar-refractivity contribution in [1.82, 2.24) is 0 Å². The van der Waals surface area contributed by atoms with Gasteiger partial charge < -0.3 is 0 Å². The molecule has 2 fully saturated rings.